The maximum atomic E-state index is 12.8. The number of nitrogens with one attached hydrogen (secondary N) is 1. The van der Waals surface area contributed by atoms with Gasteiger partial charge in [-0.25, -0.2) is 0 Å². The van der Waals surface area contributed by atoms with Crippen molar-refractivity contribution in [3.63, 3.8) is 0 Å². The molecule has 0 saturated carbocycles. The largest absolute Gasteiger partial charge is 0.368 e. The van der Waals surface area contributed by atoms with Crippen LogP contribution in [0, 0.1) is 6.92 Å². The van der Waals surface area contributed by atoms with Crippen molar-refractivity contribution in [3.8, 4) is 11.4 Å². The fourth-order valence-corrected chi connectivity index (χ4v) is 4.65. The monoisotopic (exact) mass is 557 g/mol. The molecule has 3 aromatic rings. The fourth-order valence-electron chi connectivity index (χ4n) is 4.24. The Bertz CT molecular complexity index is 1110. The van der Waals surface area contributed by atoms with Crippen LogP contribution in [0.2, 0.25) is 10.0 Å². The molecule has 1 amide bonds. The molecule has 0 unspecified atom stereocenters. The number of carbonyl (C=O) groups is 1. The number of aromatic nitrogens is 2. The summed E-state index contributed by atoms with van der Waals surface area (Å²) in [6, 6.07) is 13.5. The lowest BCUT2D eigenvalue weighted by atomic mass is 10.2. The standard InChI is InChI=1S/C25H29Cl2N5O.2ClH/c1-18-19(17-23(30(18)2)21-8-3-4-10-28-21)25(33)29-11-6-12-31-13-15-32(16-14-31)22-9-5-7-20(26)24(22)27;;/h3-5,7-10,17H,6,11-16H2,1-2H3,(H,29,33);2*1H. The third kappa shape index (κ3) is 6.83. The molecule has 4 rings (SSSR count). The molecule has 1 aromatic carbocycles. The SMILES string of the molecule is Cc1c(C(=O)NCCCN2CCN(c3cccc(Cl)c3Cl)CC2)cc(-c2ccccn2)n1C.Cl.Cl. The summed E-state index contributed by atoms with van der Waals surface area (Å²) in [5, 5.41) is 4.29. The molecule has 35 heavy (non-hydrogen) atoms. The van der Waals surface area contributed by atoms with Gasteiger partial charge in [0.05, 0.1) is 32.7 Å². The predicted molar refractivity (Wildman–Crippen MR) is 150 cm³/mol. The van der Waals surface area contributed by atoms with Crippen LogP contribution < -0.4 is 10.2 Å². The first-order valence-corrected chi connectivity index (χ1v) is 12.0. The van der Waals surface area contributed by atoms with E-state index in [4.69, 9.17) is 23.2 Å². The number of pyridine rings is 1. The number of hydrogen-bond acceptors (Lipinski definition) is 4. The van der Waals surface area contributed by atoms with E-state index in [1.165, 1.54) is 0 Å². The number of benzene rings is 1. The normalized spacial score (nSPS) is 13.7. The average molecular weight is 559 g/mol. The Hall–Kier alpha value is -1.96. The molecular weight excluding hydrogens is 528 g/mol. The molecule has 0 bridgehead atoms. The summed E-state index contributed by atoms with van der Waals surface area (Å²) >= 11 is 12.5. The van der Waals surface area contributed by atoms with Gasteiger partial charge in [-0.05, 0) is 50.2 Å². The summed E-state index contributed by atoms with van der Waals surface area (Å²) in [5.74, 6) is -0.0364. The van der Waals surface area contributed by atoms with E-state index in [0.29, 0.717) is 22.2 Å². The van der Waals surface area contributed by atoms with Crippen LogP contribution in [0.1, 0.15) is 22.5 Å². The van der Waals surface area contributed by atoms with Crippen LogP contribution in [0.3, 0.4) is 0 Å². The number of hydrogen-bond donors (Lipinski definition) is 1. The lowest BCUT2D eigenvalue weighted by molar-refractivity contribution is 0.0951. The Morgan fingerprint density at radius 2 is 1.80 bits per heavy atom. The van der Waals surface area contributed by atoms with Gasteiger partial charge in [-0.1, -0.05) is 35.3 Å². The van der Waals surface area contributed by atoms with Crippen molar-refractivity contribution < 1.29 is 4.79 Å². The Morgan fingerprint density at radius 3 is 2.49 bits per heavy atom. The Labute approximate surface area is 229 Å². The minimum atomic E-state index is -0.0364. The van der Waals surface area contributed by atoms with Crippen molar-refractivity contribution in [1.29, 1.82) is 0 Å². The maximum Gasteiger partial charge on any atom is 0.253 e. The van der Waals surface area contributed by atoms with E-state index in [0.717, 1.165) is 61.9 Å². The molecule has 0 radical (unpaired) electrons. The van der Waals surface area contributed by atoms with E-state index < -0.39 is 0 Å². The highest BCUT2D eigenvalue weighted by atomic mass is 35.5. The highest BCUT2D eigenvalue weighted by Gasteiger charge is 2.20. The zero-order valence-electron chi connectivity index (χ0n) is 19.8. The molecule has 190 valence electrons. The highest BCUT2D eigenvalue weighted by Crippen LogP contribution is 2.32. The van der Waals surface area contributed by atoms with E-state index in [1.54, 1.807) is 6.20 Å². The number of anilines is 1. The van der Waals surface area contributed by atoms with Gasteiger partial charge in [0.15, 0.2) is 0 Å². The second-order valence-electron chi connectivity index (χ2n) is 8.31. The van der Waals surface area contributed by atoms with Gasteiger partial charge in [0.1, 0.15) is 0 Å². The number of halogens is 4. The van der Waals surface area contributed by atoms with E-state index in [1.807, 2.05) is 61.0 Å². The van der Waals surface area contributed by atoms with Crippen LogP contribution in [0.4, 0.5) is 5.69 Å². The number of rotatable bonds is 7. The van der Waals surface area contributed by atoms with Gasteiger partial charge in [0.25, 0.3) is 5.91 Å². The van der Waals surface area contributed by atoms with Crippen LogP contribution in [-0.4, -0.2) is 59.6 Å². The zero-order valence-corrected chi connectivity index (χ0v) is 23.0. The van der Waals surface area contributed by atoms with Crippen molar-refractivity contribution in [2.75, 3.05) is 44.2 Å². The summed E-state index contributed by atoms with van der Waals surface area (Å²) in [7, 11) is 1.96. The third-order valence-electron chi connectivity index (χ3n) is 6.29. The molecule has 3 heterocycles. The smallest absolute Gasteiger partial charge is 0.253 e. The van der Waals surface area contributed by atoms with Gasteiger partial charge in [0, 0.05) is 51.7 Å². The molecule has 1 aliphatic rings. The van der Waals surface area contributed by atoms with Crippen LogP contribution >= 0.6 is 48.0 Å². The first-order chi connectivity index (χ1) is 16.0. The van der Waals surface area contributed by atoms with Crippen LogP contribution in [0.15, 0.2) is 48.7 Å². The lowest BCUT2D eigenvalue weighted by Crippen LogP contribution is -2.47. The number of piperazine rings is 1. The Kier molecular flexibility index (Phi) is 11.2. The van der Waals surface area contributed by atoms with Crippen LogP contribution in [0.25, 0.3) is 11.4 Å². The fraction of sp³-hybridized carbons (Fsp3) is 0.360. The van der Waals surface area contributed by atoms with E-state index in [-0.39, 0.29) is 30.7 Å². The highest BCUT2D eigenvalue weighted by molar-refractivity contribution is 6.43. The Balaban J connectivity index is 0.00000216. The van der Waals surface area contributed by atoms with Gasteiger partial charge in [0.2, 0.25) is 0 Å². The minimum absolute atomic E-state index is 0. The topological polar surface area (TPSA) is 53.4 Å². The quantitative estimate of drug-likeness (QED) is 0.390. The van der Waals surface area contributed by atoms with Crippen molar-refractivity contribution in [2.24, 2.45) is 7.05 Å². The van der Waals surface area contributed by atoms with Gasteiger partial charge in [-0.15, -0.1) is 24.8 Å². The Morgan fingerprint density at radius 1 is 1.06 bits per heavy atom. The second kappa shape index (κ2) is 13.4. The summed E-state index contributed by atoms with van der Waals surface area (Å²) in [4.78, 5) is 21.9. The molecule has 0 aliphatic carbocycles. The maximum absolute atomic E-state index is 12.8. The minimum Gasteiger partial charge on any atom is -0.368 e. The molecule has 10 heteroatoms. The molecule has 1 aliphatic heterocycles. The molecule has 0 spiro atoms. The molecule has 1 fully saturated rings. The average Bonchev–Trinajstić information content (AvgIpc) is 3.14. The number of nitrogens with zero attached hydrogens (tertiary/aromatic N) is 4. The molecule has 1 N–H and O–H groups in total. The third-order valence-corrected chi connectivity index (χ3v) is 7.10. The van der Waals surface area contributed by atoms with Crippen LogP contribution in [0.5, 0.6) is 0 Å². The van der Waals surface area contributed by atoms with Gasteiger partial charge in [-0.2, -0.15) is 0 Å². The van der Waals surface area contributed by atoms with Crippen molar-refractivity contribution in [2.45, 2.75) is 13.3 Å². The van der Waals surface area contributed by atoms with Crippen molar-refractivity contribution in [3.05, 3.63) is 70.0 Å². The summed E-state index contributed by atoms with van der Waals surface area (Å²) < 4.78 is 2.02. The first kappa shape index (κ1) is 29.3. The summed E-state index contributed by atoms with van der Waals surface area (Å²) in [5.41, 5.74) is 4.43. The first-order valence-electron chi connectivity index (χ1n) is 11.2. The number of carbonyl (C=O) groups excluding carboxylic acids is 1. The van der Waals surface area contributed by atoms with Gasteiger partial charge >= 0.3 is 0 Å². The van der Waals surface area contributed by atoms with E-state index >= 15 is 0 Å². The van der Waals surface area contributed by atoms with E-state index in [2.05, 4.69) is 20.1 Å². The lowest BCUT2D eigenvalue weighted by Gasteiger charge is -2.36. The summed E-state index contributed by atoms with van der Waals surface area (Å²) in [6.45, 7) is 7.30. The predicted octanol–water partition coefficient (Wildman–Crippen LogP) is 5.49. The molecule has 0 atom stereocenters. The van der Waals surface area contributed by atoms with Crippen molar-refractivity contribution in [1.82, 2.24) is 19.8 Å². The zero-order chi connectivity index (χ0) is 23.4. The number of amides is 1. The second-order valence-corrected chi connectivity index (χ2v) is 9.10. The van der Waals surface area contributed by atoms with Gasteiger partial charge in [-0.3, -0.25) is 14.7 Å². The van der Waals surface area contributed by atoms with E-state index in [9.17, 15) is 4.79 Å². The molecule has 6 nitrogen and oxygen atoms in total. The van der Waals surface area contributed by atoms with Crippen LogP contribution in [-0.2, 0) is 7.05 Å². The van der Waals surface area contributed by atoms with Crippen molar-refractivity contribution >= 4 is 59.6 Å². The molecule has 2 aromatic heterocycles. The van der Waals surface area contributed by atoms with Gasteiger partial charge < -0.3 is 14.8 Å². The molecule has 1 saturated heterocycles. The summed E-state index contributed by atoms with van der Waals surface area (Å²) in [6.07, 6.45) is 2.67. The molecular formula is C25H31Cl4N5O.